The third kappa shape index (κ3) is 3.52. The van der Waals surface area contributed by atoms with Gasteiger partial charge < -0.3 is 10.5 Å². The van der Waals surface area contributed by atoms with E-state index in [-0.39, 0.29) is 0 Å². The molecule has 0 aliphatic carbocycles. The molecule has 0 amide bonds. The second-order valence-electron chi connectivity index (χ2n) is 4.23. The number of para-hydroxylation sites is 1. The van der Waals surface area contributed by atoms with Crippen molar-refractivity contribution in [1.82, 2.24) is 9.97 Å². The summed E-state index contributed by atoms with van der Waals surface area (Å²) in [6.45, 7) is 0. The number of hydrogen-bond donors (Lipinski definition) is 1. The molecule has 1 aromatic heterocycles. The summed E-state index contributed by atoms with van der Waals surface area (Å²) in [4.78, 5) is 9.61. The lowest BCUT2D eigenvalue weighted by Gasteiger charge is -2.07. The molecule has 2 N–H and O–H groups in total. The zero-order chi connectivity index (χ0) is 14.5. The van der Waals surface area contributed by atoms with Gasteiger partial charge in [0.25, 0.3) is 0 Å². The molecule has 0 aliphatic rings. The molecule has 104 valence electrons. The quantitative estimate of drug-likeness (QED) is 0.788. The van der Waals surface area contributed by atoms with Crippen LogP contribution in [0.2, 0.25) is 0 Å². The molecule has 4 nitrogen and oxygen atoms in total. The van der Waals surface area contributed by atoms with Crippen molar-refractivity contribution < 1.29 is 4.74 Å². The largest absolute Gasteiger partial charge is 0.437 e. The van der Waals surface area contributed by atoms with E-state index in [1.54, 1.807) is 0 Å². The van der Waals surface area contributed by atoms with Crippen molar-refractivity contribution >= 4 is 17.6 Å². The van der Waals surface area contributed by atoms with Gasteiger partial charge in [-0.15, -0.1) is 0 Å². The van der Waals surface area contributed by atoms with E-state index in [2.05, 4.69) is 9.97 Å². The predicted octanol–water partition coefficient (Wildman–Crippen LogP) is 4.00. The monoisotopic (exact) mass is 295 g/mol. The van der Waals surface area contributed by atoms with Gasteiger partial charge in [0.1, 0.15) is 10.8 Å². The van der Waals surface area contributed by atoms with E-state index in [1.165, 1.54) is 18.0 Å². The van der Waals surface area contributed by atoms with E-state index in [1.807, 2.05) is 60.7 Å². The normalized spacial score (nSPS) is 10.3. The summed E-state index contributed by atoms with van der Waals surface area (Å²) in [5, 5.41) is 0.634. The van der Waals surface area contributed by atoms with Crippen LogP contribution in [0, 0.1) is 0 Å². The molecule has 0 aliphatic heterocycles. The number of hydrogen-bond acceptors (Lipinski definition) is 5. The van der Waals surface area contributed by atoms with E-state index in [4.69, 9.17) is 10.5 Å². The van der Waals surface area contributed by atoms with Gasteiger partial charge in [-0.1, -0.05) is 48.2 Å². The predicted molar refractivity (Wildman–Crippen MR) is 83.5 cm³/mol. The summed E-state index contributed by atoms with van der Waals surface area (Å²) in [7, 11) is 0. The van der Waals surface area contributed by atoms with Crippen molar-refractivity contribution in [2.75, 3.05) is 5.73 Å². The molecule has 0 unspecified atom stereocenters. The maximum absolute atomic E-state index is 5.88. The molecular weight excluding hydrogens is 282 g/mol. The van der Waals surface area contributed by atoms with Gasteiger partial charge in [-0.05, 0) is 24.3 Å². The van der Waals surface area contributed by atoms with Crippen LogP contribution < -0.4 is 10.5 Å². The van der Waals surface area contributed by atoms with Crippen LogP contribution in [0.5, 0.6) is 11.6 Å². The summed E-state index contributed by atoms with van der Waals surface area (Å²) in [5.74, 6) is 1.53. The fourth-order valence-corrected chi connectivity index (χ4v) is 2.51. The molecule has 0 atom stereocenters. The average molecular weight is 295 g/mol. The highest BCUT2D eigenvalue weighted by Crippen LogP contribution is 2.31. The van der Waals surface area contributed by atoms with Crippen LogP contribution >= 0.6 is 11.8 Å². The fourth-order valence-electron chi connectivity index (χ4n) is 1.70. The molecule has 0 saturated carbocycles. The molecular formula is C16H13N3OS. The average Bonchev–Trinajstić information content (AvgIpc) is 2.53. The Morgan fingerprint density at radius 1 is 0.905 bits per heavy atom. The minimum absolute atomic E-state index is 0.393. The van der Waals surface area contributed by atoms with Gasteiger partial charge in [0.15, 0.2) is 5.82 Å². The first-order valence-corrected chi connectivity index (χ1v) is 7.21. The van der Waals surface area contributed by atoms with Crippen molar-refractivity contribution in [3.05, 3.63) is 66.9 Å². The summed E-state index contributed by atoms with van der Waals surface area (Å²) >= 11 is 1.46. The second kappa shape index (κ2) is 6.28. The Balaban J connectivity index is 1.83. The number of nitrogens with zero attached hydrogens (tertiary/aromatic N) is 2. The molecule has 0 fully saturated rings. The molecule has 3 rings (SSSR count). The number of aromatic nitrogens is 2. The van der Waals surface area contributed by atoms with Crippen LogP contribution in [0.3, 0.4) is 0 Å². The van der Waals surface area contributed by atoms with Gasteiger partial charge >= 0.3 is 0 Å². The molecule has 5 heteroatoms. The van der Waals surface area contributed by atoms with Crippen molar-refractivity contribution in [3.63, 3.8) is 0 Å². The highest BCUT2D eigenvalue weighted by atomic mass is 32.2. The number of anilines is 1. The number of nitrogens with two attached hydrogens (primary N) is 1. The maximum atomic E-state index is 5.88. The first-order chi connectivity index (χ1) is 10.3. The number of ether oxygens (including phenoxy) is 1. The number of benzene rings is 2. The third-order valence-corrected chi connectivity index (χ3v) is 3.67. The zero-order valence-corrected chi connectivity index (χ0v) is 12.0. The first kappa shape index (κ1) is 13.5. The molecule has 2 aromatic carbocycles. The van der Waals surface area contributed by atoms with Gasteiger partial charge in [0.05, 0.1) is 6.20 Å². The van der Waals surface area contributed by atoms with Crippen LogP contribution in [0.15, 0.2) is 76.8 Å². The summed E-state index contributed by atoms with van der Waals surface area (Å²) < 4.78 is 5.67. The molecule has 3 aromatic rings. The molecule has 0 radical (unpaired) electrons. The lowest BCUT2D eigenvalue weighted by molar-refractivity contribution is 0.456. The van der Waals surface area contributed by atoms with Gasteiger partial charge in [-0.25, -0.2) is 9.97 Å². The minimum Gasteiger partial charge on any atom is -0.437 e. The van der Waals surface area contributed by atoms with Gasteiger partial charge in [0, 0.05) is 4.90 Å². The highest BCUT2D eigenvalue weighted by molar-refractivity contribution is 7.99. The fraction of sp³-hybridized carbons (Fsp3) is 0. The highest BCUT2D eigenvalue weighted by Gasteiger charge is 2.08. The van der Waals surface area contributed by atoms with E-state index in [0.717, 1.165) is 4.90 Å². The van der Waals surface area contributed by atoms with Crippen LogP contribution in [-0.2, 0) is 0 Å². The van der Waals surface area contributed by atoms with Crippen molar-refractivity contribution in [3.8, 4) is 11.6 Å². The van der Waals surface area contributed by atoms with Crippen LogP contribution in [0.25, 0.3) is 0 Å². The zero-order valence-electron chi connectivity index (χ0n) is 11.1. The lowest BCUT2D eigenvalue weighted by atomic mass is 10.3. The smallest absolute Gasteiger partial charge is 0.239 e. The third-order valence-electron chi connectivity index (χ3n) is 2.67. The van der Waals surface area contributed by atoms with Crippen molar-refractivity contribution in [1.29, 1.82) is 0 Å². The SMILES string of the molecule is Nc1ncc(Oc2ccccc2)nc1Sc1ccccc1. The molecule has 1 heterocycles. The number of nitrogen functional groups attached to an aromatic ring is 1. The van der Waals surface area contributed by atoms with E-state index >= 15 is 0 Å². The summed E-state index contributed by atoms with van der Waals surface area (Å²) in [5.41, 5.74) is 5.88. The summed E-state index contributed by atoms with van der Waals surface area (Å²) in [6, 6.07) is 19.4. The Hall–Kier alpha value is -2.53. The lowest BCUT2D eigenvalue weighted by Crippen LogP contribution is -1.98. The Labute approximate surface area is 127 Å². The van der Waals surface area contributed by atoms with E-state index in [9.17, 15) is 0 Å². The van der Waals surface area contributed by atoms with Crippen LogP contribution in [0.1, 0.15) is 0 Å². The van der Waals surface area contributed by atoms with Gasteiger partial charge in [-0.3, -0.25) is 0 Å². The summed E-state index contributed by atoms with van der Waals surface area (Å²) in [6.07, 6.45) is 1.53. The molecule has 21 heavy (non-hydrogen) atoms. The second-order valence-corrected chi connectivity index (χ2v) is 5.29. The number of rotatable bonds is 4. The molecule has 0 spiro atoms. The topological polar surface area (TPSA) is 61.0 Å². The van der Waals surface area contributed by atoms with Gasteiger partial charge in [0.2, 0.25) is 5.88 Å². The van der Waals surface area contributed by atoms with Gasteiger partial charge in [-0.2, -0.15) is 0 Å². The standard InChI is InChI=1S/C16H13N3OS/c17-15-16(21-13-9-5-2-6-10-13)19-14(11-18-15)20-12-7-3-1-4-8-12/h1-11H,(H2,17,18). The van der Waals surface area contributed by atoms with Crippen molar-refractivity contribution in [2.45, 2.75) is 9.92 Å². The minimum atomic E-state index is 0.393. The van der Waals surface area contributed by atoms with Crippen LogP contribution in [0.4, 0.5) is 5.82 Å². The van der Waals surface area contributed by atoms with Crippen LogP contribution in [-0.4, -0.2) is 9.97 Å². The Morgan fingerprint density at radius 3 is 2.29 bits per heavy atom. The molecule has 0 bridgehead atoms. The van der Waals surface area contributed by atoms with E-state index in [0.29, 0.717) is 22.5 Å². The van der Waals surface area contributed by atoms with E-state index < -0.39 is 0 Å². The molecule has 0 saturated heterocycles. The van der Waals surface area contributed by atoms with Crippen molar-refractivity contribution in [2.24, 2.45) is 0 Å². The maximum Gasteiger partial charge on any atom is 0.239 e. The Morgan fingerprint density at radius 2 is 1.57 bits per heavy atom. The Bertz CT molecular complexity index is 720. The first-order valence-electron chi connectivity index (χ1n) is 6.39. The Kier molecular flexibility index (Phi) is 4.02.